The topological polar surface area (TPSA) is 30.5 Å². The molecule has 0 aliphatic carbocycles. The zero-order valence-corrected chi connectivity index (χ0v) is 18.8. The molecule has 0 atom stereocenters. The first-order valence-corrected chi connectivity index (χ1v) is 10.5. The number of nitrogens with one attached hydrogen (secondary N) is 1. The summed E-state index contributed by atoms with van der Waals surface area (Å²) < 4.78 is 11.0. The number of fused-ring (bicyclic) bond motifs is 2. The summed E-state index contributed by atoms with van der Waals surface area (Å²) >= 11 is 0. The summed E-state index contributed by atoms with van der Waals surface area (Å²) in [5.41, 5.74) is 6.83. The summed E-state index contributed by atoms with van der Waals surface area (Å²) in [7, 11) is 0. The van der Waals surface area contributed by atoms with E-state index in [0.717, 1.165) is 30.0 Å². The van der Waals surface area contributed by atoms with E-state index in [1.807, 2.05) is 6.07 Å². The van der Waals surface area contributed by atoms with Crippen LogP contribution < -0.4 is 14.8 Å². The average molecular weight is 394 g/mol. The van der Waals surface area contributed by atoms with E-state index < -0.39 is 0 Å². The van der Waals surface area contributed by atoms with Crippen molar-refractivity contribution >= 4 is 5.69 Å². The molecule has 0 amide bonds. The lowest BCUT2D eigenvalue weighted by atomic mass is 9.85. The molecule has 4 rings (SSSR count). The minimum absolute atomic E-state index is 0.163. The van der Waals surface area contributed by atoms with Crippen molar-refractivity contribution in [1.82, 2.24) is 0 Å². The number of anilines is 1. The van der Waals surface area contributed by atoms with Gasteiger partial charge in [0.2, 0.25) is 0 Å². The van der Waals surface area contributed by atoms with Gasteiger partial charge in [0.25, 0.3) is 0 Å². The van der Waals surface area contributed by atoms with Crippen LogP contribution in [0.2, 0.25) is 0 Å². The molecule has 0 bridgehead atoms. The monoisotopic (exact) mass is 393 g/mol. The largest absolute Gasteiger partial charge is 0.486 e. The Morgan fingerprint density at radius 1 is 0.759 bits per heavy atom. The van der Waals surface area contributed by atoms with E-state index in [2.05, 4.69) is 83.8 Å². The lowest BCUT2D eigenvalue weighted by molar-refractivity contribution is 0.171. The summed E-state index contributed by atoms with van der Waals surface area (Å²) in [6, 6.07) is 12.9. The molecule has 3 nitrogen and oxygen atoms in total. The third-order valence-corrected chi connectivity index (χ3v) is 5.39. The first-order valence-electron chi connectivity index (χ1n) is 10.5. The summed E-state index contributed by atoms with van der Waals surface area (Å²) in [6.45, 7) is 18.6. The van der Waals surface area contributed by atoms with E-state index in [4.69, 9.17) is 9.47 Å². The number of ether oxygens (including phenoxy) is 2. The minimum atomic E-state index is 0.163. The Morgan fingerprint density at radius 2 is 1.34 bits per heavy atom. The zero-order chi connectivity index (χ0) is 21.2. The van der Waals surface area contributed by atoms with Crippen LogP contribution in [-0.4, -0.2) is 13.2 Å². The van der Waals surface area contributed by atoms with Crippen LogP contribution in [0.4, 0.5) is 5.69 Å². The van der Waals surface area contributed by atoms with Crippen molar-refractivity contribution in [2.75, 3.05) is 18.5 Å². The molecule has 0 radical (unpaired) electrons. The van der Waals surface area contributed by atoms with Crippen molar-refractivity contribution in [3.05, 3.63) is 65.4 Å². The van der Waals surface area contributed by atoms with E-state index in [-0.39, 0.29) is 10.8 Å². The fourth-order valence-electron chi connectivity index (χ4n) is 3.43. The zero-order valence-electron chi connectivity index (χ0n) is 18.8. The van der Waals surface area contributed by atoms with Gasteiger partial charge in [-0.05, 0) is 58.6 Å². The minimum Gasteiger partial charge on any atom is -0.486 e. The van der Waals surface area contributed by atoms with Gasteiger partial charge in [-0.1, -0.05) is 66.3 Å². The third-order valence-electron chi connectivity index (χ3n) is 5.39. The smallest absolute Gasteiger partial charge is 0.161 e. The first-order chi connectivity index (χ1) is 13.5. The Morgan fingerprint density at radius 3 is 2.00 bits per heavy atom. The van der Waals surface area contributed by atoms with Crippen molar-refractivity contribution in [2.24, 2.45) is 0 Å². The van der Waals surface area contributed by atoms with E-state index in [9.17, 15) is 0 Å². The molecule has 2 aromatic carbocycles. The van der Waals surface area contributed by atoms with Crippen LogP contribution in [0.15, 0.2) is 48.7 Å². The van der Waals surface area contributed by atoms with Crippen LogP contribution in [-0.2, 0) is 17.3 Å². The number of aryl methyl sites for hydroxylation is 1. The van der Waals surface area contributed by atoms with Gasteiger partial charge in [0.15, 0.2) is 11.5 Å². The Bertz CT molecular complexity index is 885. The lowest BCUT2D eigenvalue weighted by Gasteiger charge is -2.25. The molecule has 0 aromatic heterocycles. The summed E-state index contributed by atoms with van der Waals surface area (Å²) in [6.07, 6.45) is 2.17. The standard InChI is InChI=1S/C14H19N.C12H16O2/c1-10-5-6-11-7-8-12(14(2,3)4)9-13(11)15-10;1-12(2,3)9-4-5-10-11(8-9)14-7-6-13-10/h7-9,15H,1,5-6H2,2-4H3;4-5,8H,6-7H2,1-3H3. The van der Waals surface area contributed by atoms with Crippen molar-refractivity contribution in [3.8, 4) is 11.5 Å². The molecule has 0 unspecified atom stereocenters. The SMILES string of the molecule is C=C1CCc2ccc(C(C)(C)C)cc2N1.CC(C)(C)c1ccc2c(c1)OCCO2. The number of allylic oxidation sites excluding steroid dienone is 1. The van der Waals surface area contributed by atoms with Crippen LogP contribution in [0.1, 0.15) is 64.7 Å². The molecular weight excluding hydrogens is 358 g/mol. The molecule has 1 N–H and O–H groups in total. The van der Waals surface area contributed by atoms with Crippen LogP contribution in [0, 0.1) is 0 Å². The molecule has 156 valence electrons. The highest BCUT2D eigenvalue weighted by Crippen LogP contribution is 2.35. The normalized spacial score (nSPS) is 15.6. The van der Waals surface area contributed by atoms with Gasteiger partial charge in [-0.15, -0.1) is 0 Å². The van der Waals surface area contributed by atoms with Gasteiger partial charge in [0.1, 0.15) is 13.2 Å². The highest BCUT2D eigenvalue weighted by molar-refractivity contribution is 5.59. The second-order valence-corrected chi connectivity index (χ2v) is 9.96. The second kappa shape index (κ2) is 8.14. The lowest BCUT2D eigenvalue weighted by Crippen LogP contribution is -2.17. The van der Waals surface area contributed by atoms with Crippen LogP contribution in [0.5, 0.6) is 11.5 Å². The highest BCUT2D eigenvalue weighted by atomic mass is 16.6. The molecule has 2 aliphatic rings. The summed E-state index contributed by atoms with van der Waals surface area (Å²) in [4.78, 5) is 0. The maximum Gasteiger partial charge on any atom is 0.161 e. The van der Waals surface area contributed by atoms with Gasteiger partial charge < -0.3 is 14.8 Å². The molecule has 0 saturated heterocycles. The van der Waals surface area contributed by atoms with E-state index in [1.165, 1.54) is 22.4 Å². The number of rotatable bonds is 0. The van der Waals surface area contributed by atoms with Crippen molar-refractivity contribution in [3.63, 3.8) is 0 Å². The van der Waals surface area contributed by atoms with E-state index in [1.54, 1.807) is 0 Å². The van der Waals surface area contributed by atoms with Gasteiger partial charge >= 0.3 is 0 Å². The van der Waals surface area contributed by atoms with Crippen LogP contribution in [0.3, 0.4) is 0 Å². The average Bonchev–Trinajstić information content (AvgIpc) is 2.66. The molecule has 0 spiro atoms. The van der Waals surface area contributed by atoms with Crippen LogP contribution >= 0.6 is 0 Å². The summed E-state index contributed by atoms with van der Waals surface area (Å²) in [5, 5.41) is 3.38. The van der Waals surface area contributed by atoms with Crippen molar-refractivity contribution in [2.45, 2.75) is 65.2 Å². The fraction of sp³-hybridized carbons (Fsp3) is 0.462. The maximum atomic E-state index is 5.53. The Kier molecular flexibility index (Phi) is 5.97. The summed E-state index contributed by atoms with van der Waals surface area (Å²) in [5.74, 6) is 1.74. The maximum absolute atomic E-state index is 5.53. The molecular formula is C26H35NO2. The molecule has 2 heterocycles. The molecule has 29 heavy (non-hydrogen) atoms. The predicted molar refractivity (Wildman–Crippen MR) is 122 cm³/mol. The number of hydrogen-bond donors (Lipinski definition) is 1. The highest BCUT2D eigenvalue weighted by Gasteiger charge is 2.19. The Labute approximate surface area is 176 Å². The number of hydrogen-bond acceptors (Lipinski definition) is 3. The molecule has 3 heteroatoms. The number of benzene rings is 2. The Hall–Kier alpha value is -2.42. The fourth-order valence-corrected chi connectivity index (χ4v) is 3.43. The van der Waals surface area contributed by atoms with Crippen molar-refractivity contribution in [1.29, 1.82) is 0 Å². The molecule has 0 fully saturated rings. The second-order valence-electron chi connectivity index (χ2n) is 9.96. The molecule has 0 saturated carbocycles. The van der Waals surface area contributed by atoms with Gasteiger partial charge in [0, 0.05) is 11.4 Å². The van der Waals surface area contributed by atoms with Crippen molar-refractivity contribution < 1.29 is 9.47 Å². The quantitative estimate of drug-likeness (QED) is 0.546. The Balaban J connectivity index is 0.000000166. The van der Waals surface area contributed by atoms with Gasteiger partial charge in [-0.25, -0.2) is 0 Å². The van der Waals surface area contributed by atoms with Gasteiger partial charge in [-0.3, -0.25) is 0 Å². The predicted octanol–water partition coefficient (Wildman–Crippen LogP) is 6.61. The molecule has 2 aromatic rings. The first kappa shape index (κ1) is 21.3. The van der Waals surface area contributed by atoms with Gasteiger partial charge in [-0.2, -0.15) is 0 Å². The van der Waals surface area contributed by atoms with Gasteiger partial charge in [0.05, 0.1) is 0 Å². The van der Waals surface area contributed by atoms with E-state index >= 15 is 0 Å². The van der Waals surface area contributed by atoms with Crippen LogP contribution in [0.25, 0.3) is 0 Å². The third kappa shape index (κ3) is 5.35. The molecule has 2 aliphatic heterocycles. The van der Waals surface area contributed by atoms with E-state index in [0.29, 0.717) is 13.2 Å².